The quantitative estimate of drug-likeness (QED) is 0.329. The number of para-hydroxylation sites is 2. The van der Waals surface area contributed by atoms with Crippen LogP contribution in [0, 0.1) is 10.1 Å². The SMILES string of the molecule is O=C(O)CN(CCCNc1ccccc1[N+](=O)[O-])CC(=O)O. The Labute approximate surface area is 126 Å². The van der Waals surface area contributed by atoms with Crippen LogP contribution in [0.3, 0.4) is 0 Å². The first kappa shape index (κ1) is 17.4. The van der Waals surface area contributed by atoms with Crippen molar-refractivity contribution in [3.05, 3.63) is 34.4 Å². The number of aliphatic carboxylic acids is 2. The minimum Gasteiger partial charge on any atom is -0.480 e. The molecule has 0 aliphatic heterocycles. The van der Waals surface area contributed by atoms with E-state index in [1.54, 1.807) is 18.2 Å². The molecule has 0 bridgehead atoms. The standard InChI is InChI=1S/C13H17N3O6/c17-12(18)8-15(9-13(19)20)7-3-6-14-10-4-1-2-5-11(10)16(21)22/h1-2,4-5,14H,3,6-9H2,(H,17,18)(H,19,20). The van der Waals surface area contributed by atoms with E-state index < -0.39 is 16.9 Å². The van der Waals surface area contributed by atoms with Crippen molar-refractivity contribution < 1.29 is 24.7 Å². The van der Waals surface area contributed by atoms with Gasteiger partial charge in [0.2, 0.25) is 0 Å². The molecule has 0 atom stereocenters. The molecule has 0 saturated heterocycles. The number of hydrogen-bond donors (Lipinski definition) is 3. The van der Waals surface area contributed by atoms with Gasteiger partial charge in [0.1, 0.15) is 5.69 Å². The fourth-order valence-corrected chi connectivity index (χ4v) is 1.90. The maximum absolute atomic E-state index is 10.8. The highest BCUT2D eigenvalue weighted by Crippen LogP contribution is 2.22. The smallest absolute Gasteiger partial charge is 0.317 e. The Hall–Kier alpha value is -2.68. The van der Waals surface area contributed by atoms with Crippen molar-refractivity contribution in [3.63, 3.8) is 0 Å². The summed E-state index contributed by atoms with van der Waals surface area (Å²) in [5.41, 5.74) is 0.325. The van der Waals surface area contributed by atoms with Gasteiger partial charge in [-0.3, -0.25) is 24.6 Å². The molecule has 1 rings (SSSR count). The number of hydrogen-bond acceptors (Lipinski definition) is 6. The zero-order chi connectivity index (χ0) is 16.5. The number of nitro groups is 1. The number of carbonyl (C=O) groups is 2. The minimum atomic E-state index is -1.10. The van der Waals surface area contributed by atoms with Crippen LogP contribution in [0.1, 0.15) is 6.42 Å². The van der Waals surface area contributed by atoms with Crippen LogP contribution in [0.2, 0.25) is 0 Å². The molecule has 0 radical (unpaired) electrons. The van der Waals surface area contributed by atoms with E-state index in [1.165, 1.54) is 11.0 Å². The minimum absolute atomic E-state index is 0.0459. The zero-order valence-electron chi connectivity index (χ0n) is 11.8. The zero-order valence-corrected chi connectivity index (χ0v) is 11.8. The first-order chi connectivity index (χ1) is 10.4. The highest BCUT2D eigenvalue weighted by atomic mass is 16.6. The molecule has 9 heteroatoms. The topological polar surface area (TPSA) is 133 Å². The van der Waals surface area contributed by atoms with E-state index in [0.29, 0.717) is 18.7 Å². The van der Waals surface area contributed by atoms with Gasteiger partial charge in [0.25, 0.3) is 5.69 Å². The molecule has 1 aromatic carbocycles. The fourth-order valence-electron chi connectivity index (χ4n) is 1.90. The predicted molar refractivity (Wildman–Crippen MR) is 77.9 cm³/mol. The lowest BCUT2D eigenvalue weighted by Gasteiger charge is -2.17. The first-order valence-electron chi connectivity index (χ1n) is 6.53. The third kappa shape index (κ3) is 6.18. The first-order valence-corrected chi connectivity index (χ1v) is 6.53. The Morgan fingerprint density at radius 1 is 1.18 bits per heavy atom. The molecular formula is C13H17N3O6. The normalized spacial score (nSPS) is 10.4. The molecule has 0 saturated carbocycles. The van der Waals surface area contributed by atoms with E-state index in [0.717, 1.165) is 0 Å². The van der Waals surface area contributed by atoms with E-state index in [-0.39, 0.29) is 25.3 Å². The number of nitro benzene ring substituents is 1. The molecule has 0 heterocycles. The van der Waals surface area contributed by atoms with Crippen LogP contribution in [-0.4, -0.2) is 58.2 Å². The lowest BCUT2D eigenvalue weighted by Crippen LogP contribution is -2.35. The third-order valence-corrected chi connectivity index (χ3v) is 2.79. The largest absolute Gasteiger partial charge is 0.480 e. The number of anilines is 1. The van der Waals surface area contributed by atoms with Crippen LogP contribution in [0.4, 0.5) is 11.4 Å². The number of carboxylic acids is 2. The van der Waals surface area contributed by atoms with Crippen LogP contribution in [-0.2, 0) is 9.59 Å². The Balaban J connectivity index is 2.47. The summed E-state index contributed by atoms with van der Waals surface area (Å²) in [5.74, 6) is -2.21. The van der Waals surface area contributed by atoms with Crippen LogP contribution in [0.25, 0.3) is 0 Å². The van der Waals surface area contributed by atoms with Crippen LogP contribution in [0.15, 0.2) is 24.3 Å². The van der Waals surface area contributed by atoms with E-state index in [9.17, 15) is 19.7 Å². The summed E-state index contributed by atoms with van der Waals surface area (Å²) >= 11 is 0. The molecule has 9 nitrogen and oxygen atoms in total. The van der Waals surface area contributed by atoms with Gasteiger partial charge in [-0.1, -0.05) is 12.1 Å². The van der Waals surface area contributed by atoms with Crippen molar-refractivity contribution in [1.82, 2.24) is 4.90 Å². The molecule has 0 aliphatic rings. The van der Waals surface area contributed by atoms with Gasteiger partial charge in [-0.2, -0.15) is 0 Å². The van der Waals surface area contributed by atoms with Crippen molar-refractivity contribution >= 4 is 23.3 Å². The monoisotopic (exact) mass is 311 g/mol. The molecule has 0 unspecified atom stereocenters. The van der Waals surface area contributed by atoms with E-state index >= 15 is 0 Å². The van der Waals surface area contributed by atoms with Crippen molar-refractivity contribution in [2.75, 3.05) is 31.5 Å². The van der Waals surface area contributed by atoms with Gasteiger partial charge in [-0.25, -0.2) is 0 Å². The van der Waals surface area contributed by atoms with Crippen molar-refractivity contribution in [3.8, 4) is 0 Å². The average molecular weight is 311 g/mol. The highest BCUT2D eigenvalue weighted by molar-refractivity contribution is 5.72. The Bertz CT molecular complexity index is 532. The second kappa shape index (κ2) is 8.57. The Morgan fingerprint density at radius 3 is 2.32 bits per heavy atom. The number of nitrogens with zero attached hydrogens (tertiary/aromatic N) is 2. The molecular weight excluding hydrogens is 294 g/mol. The van der Waals surface area contributed by atoms with Gasteiger partial charge in [0, 0.05) is 19.2 Å². The number of nitrogens with one attached hydrogen (secondary N) is 1. The Kier molecular flexibility index (Phi) is 6.77. The second-order valence-electron chi connectivity index (χ2n) is 4.55. The van der Waals surface area contributed by atoms with Crippen LogP contribution in [0.5, 0.6) is 0 Å². The Morgan fingerprint density at radius 2 is 1.77 bits per heavy atom. The molecule has 120 valence electrons. The van der Waals surface area contributed by atoms with Gasteiger partial charge in [0.15, 0.2) is 0 Å². The molecule has 0 fully saturated rings. The maximum Gasteiger partial charge on any atom is 0.317 e. The number of rotatable bonds is 10. The van der Waals surface area contributed by atoms with Gasteiger partial charge in [-0.15, -0.1) is 0 Å². The van der Waals surface area contributed by atoms with Gasteiger partial charge in [0.05, 0.1) is 18.0 Å². The van der Waals surface area contributed by atoms with E-state index in [1.807, 2.05) is 0 Å². The summed E-state index contributed by atoms with van der Waals surface area (Å²) in [6.45, 7) is -0.109. The van der Waals surface area contributed by atoms with E-state index in [2.05, 4.69) is 5.32 Å². The molecule has 0 aromatic heterocycles. The van der Waals surface area contributed by atoms with Crippen molar-refractivity contribution in [1.29, 1.82) is 0 Å². The second-order valence-corrected chi connectivity index (χ2v) is 4.55. The van der Waals surface area contributed by atoms with E-state index in [4.69, 9.17) is 10.2 Å². The highest BCUT2D eigenvalue weighted by Gasteiger charge is 2.14. The summed E-state index contributed by atoms with van der Waals surface area (Å²) in [7, 11) is 0. The third-order valence-electron chi connectivity index (χ3n) is 2.79. The summed E-state index contributed by atoms with van der Waals surface area (Å²) in [5, 5.41) is 31.1. The van der Waals surface area contributed by atoms with Crippen molar-refractivity contribution in [2.24, 2.45) is 0 Å². The molecule has 1 aromatic rings. The summed E-state index contributed by atoms with van der Waals surface area (Å²) in [6, 6.07) is 6.18. The fraction of sp³-hybridized carbons (Fsp3) is 0.385. The molecule has 22 heavy (non-hydrogen) atoms. The summed E-state index contributed by atoms with van der Waals surface area (Å²) < 4.78 is 0. The molecule has 0 amide bonds. The maximum atomic E-state index is 10.8. The lowest BCUT2D eigenvalue weighted by atomic mass is 10.2. The van der Waals surface area contributed by atoms with Crippen molar-refractivity contribution in [2.45, 2.75) is 6.42 Å². The van der Waals surface area contributed by atoms with Crippen LogP contribution >= 0.6 is 0 Å². The number of carboxylic acid groups (broad SMARTS) is 2. The van der Waals surface area contributed by atoms with Gasteiger partial charge >= 0.3 is 11.9 Å². The predicted octanol–water partition coefficient (Wildman–Crippen LogP) is 0.868. The number of benzene rings is 1. The summed E-state index contributed by atoms with van der Waals surface area (Å²) in [4.78, 5) is 32.9. The van der Waals surface area contributed by atoms with Gasteiger partial charge < -0.3 is 15.5 Å². The molecule has 0 spiro atoms. The lowest BCUT2D eigenvalue weighted by molar-refractivity contribution is -0.384. The summed E-state index contributed by atoms with van der Waals surface area (Å²) in [6.07, 6.45) is 0.451. The average Bonchev–Trinajstić information content (AvgIpc) is 2.42. The molecule has 3 N–H and O–H groups in total. The molecule has 0 aliphatic carbocycles. The van der Waals surface area contributed by atoms with Crippen LogP contribution < -0.4 is 5.32 Å². The van der Waals surface area contributed by atoms with Gasteiger partial charge in [-0.05, 0) is 12.5 Å².